The zero-order valence-corrected chi connectivity index (χ0v) is 11.5. The number of rotatable bonds is 7. The van der Waals surface area contributed by atoms with Gasteiger partial charge in [0.1, 0.15) is 0 Å². The average Bonchev–Trinajstić information content (AvgIpc) is 2.31. The van der Waals surface area contributed by atoms with Gasteiger partial charge < -0.3 is 10.1 Å². The predicted molar refractivity (Wildman–Crippen MR) is 73.6 cm³/mol. The van der Waals surface area contributed by atoms with E-state index in [4.69, 9.17) is 4.74 Å². The summed E-state index contributed by atoms with van der Waals surface area (Å²) in [6.45, 7) is 8.34. The van der Waals surface area contributed by atoms with Gasteiger partial charge in [0.15, 0.2) is 0 Å². The van der Waals surface area contributed by atoms with Crippen LogP contribution in [0.4, 0.5) is 0 Å². The van der Waals surface area contributed by atoms with Gasteiger partial charge in [-0.3, -0.25) is 0 Å². The summed E-state index contributed by atoms with van der Waals surface area (Å²) >= 11 is 0. The standard InChI is InChI=1S/C15H25NO/c1-5-8-16-15(11-17-4)10-14-7-6-12(2)13(3)9-14/h6-7,9,15-16H,5,8,10-11H2,1-4H3. The van der Waals surface area contributed by atoms with Crippen LogP contribution in [-0.4, -0.2) is 26.3 Å². The number of methoxy groups -OCH3 is 1. The summed E-state index contributed by atoms with van der Waals surface area (Å²) in [6, 6.07) is 7.13. The molecule has 0 aliphatic rings. The van der Waals surface area contributed by atoms with Crippen molar-refractivity contribution >= 4 is 0 Å². The minimum Gasteiger partial charge on any atom is -0.383 e. The van der Waals surface area contributed by atoms with Crippen LogP contribution in [0.2, 0.25) is 0 Å². The fraction of sp³-hybridized carbons (Fsp3) is 0.600. The summed E-state index contributed by atoms with van der Waals surface area (Å²) < 4.78 is 5.26. The van der Waals surface area contributed by atoms with E-state index in [0.717, 1.165) is 26.0 Å². The lowest BCUT2D eigenvalue weighted by Crippen LogP contribution is -2.35. The Morgan fingerprint density at radius 1 is 1.24 bits per heavy atom. The minimum atomic E-state index is 0.419. The van der Waals surface area contributed by atoms with Gasteiger partial charge in [-0.05, 0) is 49.9 Å². The van der Waals surface area contributed by atoms with Gasteiger partial charge in [-0.15, -0.1) is 0 Å². The Labute approximate surface area is 105 Å². The molecule has 0 saturated carbocycles. The third-order valence-electron chi connectivity index (χ3n) is 3.10. The molecule has 0 bridgehead atoms. The van der Waals surface area contributed by atoms with Gasteiger partial charge in [0.2, 0.25) is 0 Å². The molecule has 0 saturated heterocycles. The molecule has 0 aromatic heterocycles. The first kappa shape index (κ1) is 14.2. The molecule has 0 fully saturated rings. The van der Waals surface area contributed by atoms with Crippen molar-refractivity contribution in [3.8, 4) is 0 Å². The summed E-state index contributed by atoms with van der Waals surface area (Å²) in [6.07, 6.45) is 2.20. The van der Waals surface area contributed by atoms with Crippen molar-refractivity contribution in [2.75, 3.05) is 20.3 Å². The topological polar surface area (TPSA) is 21.3 Å². The highest BCUT2D eigenvalue weighted by molar-refractivity contribution is 5.30. The summed E-state index contributed by atoms with van der Waals surface area (Å²) in [5, 5.41) is 3.53. The largest absolute Gasteiger partial charge is 0.383 e. The molecule has 0 heterocycles. The number of hydrogen-bond acceptors (Lipinski definition) is 2. The van der Waals surface area contributed by atoms with Gasteiger partial charge in [-0.2, -0.15) is 0 Å². The Morgan fingerprint density at radius 2 is 2.00 bits per heavy atom. The fourth-order valence-corrected chi connectivity index (χ4v) is 1.95. The molecule has 17 heavy (non-hydrogen) atoms. The Morgan fingerprint density at radius 3 is 2.59 bits per heavy atom. The first-order valence-corrected chi connectivity index (χ1v) is 6.45. The smallest absolute Gasteiger partial charge is 0.0619 e. The molecule has 1 rings (SSSR count). The second kappa shape index (κ2) is 7.46. The van der Waals surface area contributed by atoms with E-state index in [2.05, 4.69) is 44.3 Å². The summed E-state index contributed by atoms with van der Waals surface area (Å²) in [7, 11) is 1.76. The fourth-order valence-electron chi connectivity index (χ4n) is 1.95. The van der Waals surface area contributed by atoms with E-state index in [9.17, 15) is 0 Å². The highest BCUT2D eigenvalue weighted by Gasteiger charge is 2.08. The average molecular weight is 235 g/mol. The lowest BCUT2D eigenvalue weighted by atomic mass is 10.0. The molecule has 0 aliphatic carbocycles. The number of hydrogen-bond donors (Lipinski definition) is 1. The lowest BCUT2D eigenvalue weighted by molar-refractivity contribution is 0.166. The van der Waals surface area contributed by atoms with Crippen molar-refractivity contribution in [3.63, 3.8) is 0 Å². The zero-order chi connectivity index (χ0) is 12.7. The molecular weight excluding hydrogens is 210 g/mol. The van der Waals surface area contributed by atoms with E-state index in [1.165, 1.54) is 16.7 Å². The van der Waals surface area contributed by atoms with Crippen molar-refractivity contribution in [2.24, 2.45) is 0 Å². The third-order valence-corrected chi connectivity index (χ3v) is 3.10. The SMILES string of the molecule is CCCNC(COC)Cc1ccc(C)c(C)c1. The second-order valence-electron chi connectivity index (χ2n) is 4.73. The molecule has 96 valence electrons. The van der Waals surface area contributed by atoms with Gasteiger partial charge in [0.05, 0.1) is 6.61 Å². The molecule has 2 heteroatoms. The number of aryl methyl sites for hydroxylation is 2. The molecule has 1 aromatic rings. The number of benzene rings is 1. The zero-order valence-electron chi connectivity index (χ0n) is 11.5. The maximum absolute atomic E-state index is 5.26. The van der Waals surface area contributed by atoms with E-state index in [0.29, 0.717) is 6.04 Å². The quantitative estimate of drug-likeness (QED) is 0.784. The van der Waals surface area contributed by atoms with Crippen molar-refractivity contribution in [1.82, 2.24) is 5.32 Å². The molecule has 0 spiro atoms. The molecule has 1 aromatic carbocycles. The Bertz CT molecular complexity index is 336. The van der Waals surface area contributed by atoms with Crippen LogP contribution in [0.3, 0.4) is 0 Å². The molecule has 0 radical (unpaired) electrons. The van der Waals surface area contributed by atoms with Crippen molar-refractivity contribution in [2.45, 2.75) is 39.7 Å². The molecule has 1 N–H and O–H groups in total. The number of nitrogens with one attached hydrogen (secondary N) is 1. The van der Waals surface area contributed by atoms with Crippen LogP contribution in [0.15, 0.2) is 18.2 Å². The van der Waals surface area contributed by atoms with E-state index in [1.54, 1.807) is 7.11 Å². The Hall–Kier alpha value is -0.860. The normalized spacial score (nSPS) is 12.7. The third kappa shape index (κ3) is 4.88. The predicted octanol–water partition coefficient (Wildman–Crippen LogP) is 2.86. The molecule has 0 amide bonds. The summed E-state index contributed by atoms with van der Waals surface area (Å²) in [4.78, 5) is 0. The Kier molecular flexibility index (Phi) is 6.23. The first-order chi connectivity index (χ1) is 8.17. The van der Waals surface area contributed by atoms with Crippen LogP contribution in [0, 0.1) is 13.8 Å². The van der Waals surface area contributed by atoms with Crippen molar-refractivity contribution in [1.29, 1.82) is 0 Å². The second-order valence-corrected chi connectivity index (χ2v) is 4.73. The van der Waals surface area contributed by atoms with Crippen LogP contribution in [0.1, 0.15) is 30.0 Å². The molecular formula is C15H25NO. The first-order valence-electron chi connectivity index (χ1n) is 6.45. The van der Waals surface area contributed by atoms with Crippen LogP contribution in [-0.2, 0) is 11.2 Å². The van der Waals surface area contributed by atoms with Gasteiger partial charge in [0, 0.05) is 13.2 Å². The van der Waals surface area contributed by atoms with Crippen molar-refractivity contribution < 1.29 is 4.74 Å². The Balaban J connectivity index is 2.61. The highest BCUT2D eigenvalue weighted by atomic mass is 16.5. The van der Waals surface area contributed by atoms with E-state index in [-0.39, 0.29) is 0 Å². The lowest BCUT2D eigenvalue weighted by Gasteiger charge is -2.18. The molecule has 1 unspecified atom stereocenters. The summed E-state index contributed by atoms with van der Waals surface area (Å²) in [5.41, 5.74) is 4.12. The van der Waals surface area contributed by atoms with Crippen LogP contribution >= 0.6 is 0 Å². The van der Waals surface area contributed by atoms with Gasteiger partial charge in [0.25, 0.3) is 0 Å². The van der Waals surface area contributed by atoms with Crippen LogP contribution < -0.4 is 5.32 Å². The molecule has 1 atom stereocenters. The minimum absolute atomic E-state index is 0.419. The number of ether oxygens (including phenoxy) is 1. The molecule has 0 aliphatic heterocycles. The van der Waals surface area contributed by atoms with Gasteiger partial charge in [-0.25, -0.2) is 0 Å². The summed E-state index contributed by atoms with van der Waals surface area (Å²) in [5.74, 6) is 0. The monoisotopic (exact) mass is 235 g/mol. The van der Waals surface area contributed by atoms with E-state index in [1.807, 2.05) is 0 Å². The van der Waals surface area contributed by atoms with E-state index < -0.39 is 0 Å². The maximum atomic E-state index is 5.26. The van der Waals surface area contributed by atoms with Gasteiger partial charge in [-0.1, -0.05) is 25.1 Å². The van der Waals surface area contributed by atoms with Crippen molar-refractivity contribution in [3.05, 3.63) is 34.9 Å². The van der Waals surface area contributed by atoms with E-state index >= 15 is 0 Å². The van der Waals surface area contributed by atoms with Gasteiger partial charge >= 0.3 is 0 Å². The van der Waals surface area contributed by atoms with Crippen LogP contribution in [0.25, 0.3) is 0 Å². The van der Waals surface area contributed by atoms with Crippen LogP contribution in [0.5, 0.6) is 0 Å². The highest BCUT2D eigenvalue weighted by Crippen LogP contribution is 2.11. The maximum Gasteiger partial charge on any atom is 0.0619 e. The molecule has 2 nitrogen and oxygen atoms in total.